The van der Waals surface area contributed by atoms with E-state index in [0.29, 0.717) is 0 Å². The zero-order valence-electron chi connectivity index (χ0n) is 14.1. The Kier molecular flexibility index (Phi) is 5.56. The lowest BCUT2D eigenvalue weighted by atomic mass is 10.2. The zero-order valence-corrected chi connectivity index (χ0v) is 15.0. The second-order valence-corrected chi connectivity index (χ2v) is 8.05. The van der Waals surface area contributed by atoms with Crippen LogP contribution in [0, 0.1) is 0 Å². The van der Waals surface area contributed by atoms with Crippen LogP contribution in [-0.4, -0.2) is 11.5 Å². The summed E-state index contributed by atoms with van der Waals surface area (Å²) in [5, 5.41) is 2.67. The van der Waals surface area contributed by atoms with Crippen molar-refractivity contribution in [1.82, 2.24) is 0 Å². The van der Waals surface area contributed by atoms with E-state index in [4.69, 9.17) is 4.99 Å². The summed E-state index contributed by atoms with van der Waals surface area (Å²) in [4.78, 5) is 5.05. The van der Waals surface area contributed by atoms with E-state index in [0.717, 1.165) is 0 Å². The van der Waals surface area contributed by atoms with Crippen LogP contribution in [0.4, 0.5) is 0 Å². The van der Waals surface area contributed by atoms with Gasteiger partial charge in [0.15, 0.2) is 0 Å². The summed E-state index contributed by atoms with van der Waals surface area (Å²) >= 11 is 0. The Morgan fingerprint density at radius 2 is 1.08 bits per heavy atom. The van der Waals surface area contributed by atoms with Crippen LogP contribution >= 0.6 is 7.92 Å². The zero-order chi connectivity index (χ0) is 16.8. The summed E-state index contributed by atoms with van der Waals surface area (Å²) in [5.74, 6) is 0. The van der Waals surface area contributed by atoms with Gasteiger partial charge < -0.3 is 0 Å². The minimum Gasteiger partial charge on any atom is -0.281 e. The number of benzene rings is 3. The molecule has 0 saturated heterocycles. The van der Waals surface area contributed by atoms with Gasteiger partial charge in [-0.25, -0.2) is 0 Å². The highest BCUT2D eigenvalue weighted by Gasteiger charge is 2.21. The smallest absolute Gasteiger partial charge is 0.0740 e. The van der Waals surface area contributed by atoms with E-state index in [2.05, 4.69) is 105 Å². The van der Waals surface area contributed by atoms with Crippen molar-refractivity contribution in [3.05, 3.63) is 96.6 Å². The summed E-state index contributed by atoms with van der Waals surface area (Å²) < 4.78 is 0. The first-order valence-corrected chi connectivity index (χ1v) is 9.63. The van der Waals surface area contributed by atoms with Crippen LogP contribution in [0.1, 0.15) is 19.4 Å². The second-order valence-electron chi connectivity index (χ2n) is 5.92. The Labute approximate surface area is 145 Å². The molecule has 3 rings (SSSR count). The third-order valence-corrected chi connectivity index (χ3v) is 6.08. The maximum absolute atomic E-state index is 5.05. The normalized spacial score (nSPS) is 11.9. The summed E-state index contributed by atoms with van der Waals surface area (Å²) in [6, 6.07) is 32.3. The number of nitrogens with zero attached hydrogens (tertiary/aromatic N) is 1. The molecule has 0 aliphatic heterocycles. The molecule has 0 bridgehead atoms. The van der Waals surface area contributed by atoms with Crippen LogP contribution in [0.5, 0.6) is 0 Å². The largest absolute Gasteiger partial charge is 0.281 e. The minimum absolute atomic E-state index is 0.262. The molecule has 0 radical (unpaired) electrons. The Bertz CT molecular complexity index is 740. The van der Waals surface area contributed by atoms with E-state index in [1.807, 2.05) is 0 Å². The third kappa shape index (κ3) is 3.99. The average molecular weight is 331 g/mol. The molecule has 0 aliphatic rings. The van der Waals surface area contributed by atoms with Crippen molar-refractivity contribution >= 4 is 24.0 Å². The van der Waals surface area contributed by atoms with Gasteiger partial charge in [-0.2, -0.15) is 0 Å². The molecule has 0 saturated carbocycles. The van der Waals surface area contributed by atoms with Gasteiger partial charge in [-0.15, -0.1) is 0 Å². The highest BCUT2D eigenvalue weighted by molar-refractivity contribution is 7.88. The predicted octanol–water partition coefficient (Wildman–Crippen LogP) is 4.97. The lowest BCUT2D eigenvalue weighted by Gasteiger charge is -2.22. The van der Waals surface area contributed by atoms with Crippen LogP contribution < -0.4 is 10.6 Å². The number of rotatable bonds is 5. The van der Waals surface area contributed by atoms with E-state index in [1.165, 1.54) is 21.6 Å². The highest BCUT2D eigenvalue weighted by Crippen LogP contribution is 2.39. The van der Waals surface area contributed by atoms with Gasteiger partial charge in [0.1, 0.15) is 0 Å². The predicted molar refractivity (Wildman–Crippen MR) is 107 cm³/mol. The van der Waals surface area contributed by atoms with Gasteiger partial charge >= 0.3 is 0 Å². The van der Waals surface area contributed by atoms with Gasteiger partial charge in [-0.05, 0) is 24.5 Å². The average Bonchev–Trinajstić information content (AvgIpc) is 2.63. The number of aliphatic imine (C=N–C) groups is 1. The summed E-state index contributed by atoms with van der Waals surface area (Å²) in [5.41, 5.74) is 2.41. The lowest BCUT2D eigenvalue weighted by Crippen LogP contribution is -2.20. The van der Waals surface area contributed by atoms with E-state index in [-0.39, 0.29) is 6.04 Å². The summed E-state index contributed by atoms with van der Waals surface area (Å²) in [6.07, 6.45) is 0. The first kappa shape index (κ1) is 16.6. The topological polar surface area (TPSA) is 12.4 Å². The molecule has 0 spiro atoms. The molecule has 0 amide bonds. The second kappa shape index (κ2) is 8.04. The van der Waals surface area contributed by atoms with Crippen molar-refractivity contribution in [3.8, 4) is 0 Å². The van der Waals surface area contributed by atoms with Crippen LogP contribution in [0.25, 0.3) is 0 Å². The number of hydrogen-bond donors (Lipinski definition) is 0. The maximum Gasteiger partial charge on any atom is 0.0740 e. The minimum atomic E-state index is -0.673. The molecule has 120 valence electrons. The Hall–Kier alpha value is -2.24. The molecule has 3 aromatic carbocycles. The van der Waals surface area contributed by atoms with E-state index in [1.54, 1.807) is 0 Å². The van der Waals surface area contributed by atoms with E-state index in [9.17, 15) is 0 Å². The van der Waals surface area contributed by atoms with Gasteiger partial charge in [0, 0.05) is 19.5 Å². The Balaban J connectivity index is 2.19. The molecule has 3 aromatic rings. The molecule has 0 N–H and O–H groups in total. The van der Waals surface area contributed by atoms with Gasteiger partial charge in [-0.1, -0.05) is 91.0 Å². The van der Waals surface area contributed by atoms with Crippen molar-refractivity contribution in [2.45, 2.75) is 19.9 Å². The molecule has 2 heteroatoms. The van der Waals surface area contributed by atoms with Crippen molar-refractivity contribution in [3.63, 3.8) is 0 Å². The van der Waals surface area contributed by atoms with E-state index < -0.39 is 7.92 Å². The van der Waals surface area contributed by atoms with Crippen LogP contribution in [-0.2, 0) is 0 Å². The van der Waals surface area contributed by atoms with Gasteiger partial charge in [0.2, 0.25) is 0 Å². The van der Waals surface area contributed by atoms with E-state index >= 15 is 0 Å². The van der Waals surface area contributed by atoms with Gasteiger partial charge in [-0.3, -0.25) is 4.99 Å². The lowest BCUT2D eigenvalue weighted by molar-refractivity contribution is 0.839. The van der Waals surface area contributed by atoms with Crippen molar-refractivity contribution < 1.29 is 0 Å². The summed E-state index contributed by atoms with van der Waals surface area (Å²) in [6.45, 7) is 4.29. The van der Waals surface area contributed by atoms with Crippen LogP contribution in [0.15, 0.2) is 96.0 Å². The van der Waals surface area contributed by atoms with Crippen molar-refractivity contribution in [1.29, 1.82) is 0 Å². The summed E-state index contributed by atoms with van der Waals surface area (Å²) in [7, 11) is -0.673. The molecule has 0 fully saturated rings. The molecular weight excluding hydrogens is 309 g/mol. The maximum atomic E-state index is 5.05. The first-order chi connectivity index (χ1) is 11.8. The molecular formula is C22H22NP. The first-order valence-electron chi connectivity index (χ1n) is 8.29. The number of hydrogen-bond acceptors (Lipinski definition) is 1. The van der Waals surface area contributed by atoms with Crippen LogP contribution in [0.2, 0.25) is 0 Å². The molecule has 0 aliphatic carbocycles. The fraction of sp³-hybridized carbons (Fsp3) is 0.136. The molecule has 0 aromatic heterocycles. The van der Waals surface area contributed by atoms with Crippen molar-refractivity contribution in [2.75, 3.05) is 0 Å². The Morgan fingerprint density at radius 3 is 1.50 bits per heavy atom. The molecule has 0 unspecified atom stereocenters. The molecule has 0 heterocycles. The third-order valence-electron chi connectivity index (χ3n) is 3.65. The van der Waals surface area contributed by atoms with Crippen LogP contribution in [0.3, 0.4) is 0 Å². The molecule has 1 nitrogen and oxygen atoms in total. The van der Waals surface area contributed by atoms with Gasteiger partial charge in [0.05, 0.1) is 5.45 Å². The fourth-order valence-corrected chi connectivity index (χ4v) is 5.12. The Morgan fingerprint density at radius 1 is 0.667 bits per heavy atom. The van der Waals surface area contributed by atoms with Gasteiger partial charge in [0.25, 0.3) is 0 Å². The SMILES string of the molecule is CC(C)N=C(c1ccccc1)P(c1ccccc1)c1ccccc1. The fourth-order valence-electron chi connectivity index (χ4n) is 2.64. The molecule has 24 heavy (non-hydrogen) atoms. The molecule has 0 atom stereocenters. The standard InChI is InChI=1S/C22H22NP/c1-18(2)23-22(19-12-6-3-7-13-19)24(20-14-8-4-9-15-20)21-16-10-5-11-17-21/h3-18H,1-2H3. The highest BCUT2D eigenvalue weighted by atomic mass is 31.1. The quantitative estimate of drug-likeness (QED) is 0.462. The van der Waals surface area contributed by atoms with Crippen molar-refractivity contribution in [2.24, 2.45) is 4.99 Å². The monoisotopic (exact) mass is 331 g/mol.